The average molecular weight is 359 g/mol. The molecule has 1 aromatic heterocycles. The van der Waals surface area contributed by atoms with Gasteiger partial charge in [0.25, 0.3) is 0 Å². The molecule has 1 aliphatic rings. The van der Waals surface area contributed by atoms with E-state index in [4.69, 9.17) is 12.2 Å². The topological polar surface area (TPSA) is 83.0 Å². The van der Waals surface area contributed by atoms with E-state index in [1.54, 1.807) is 21.6 Å². The van der Waals surface area contributed by atoms with Gasteiger partial charge in [-0.3, -0.25) is 19.3 Å². The maximum absolute atomic E-state index is 12.3. The van der Waals surface area contributed by atoms with Crippen LogP contribution in [-0.4, -0.2) is 33.1 Å². The standard InChI is InChI=1S/C17H21N5O2S/c1-2-4-14-19-20-17(25)22(14)11-15(23)18-12-6-8-13(9-7-12)21-10-3-5-16(21)24/h6-9H,2-5,10-11H2,1H3,(H,18,23)(H,20,25). The fourth-order valence-electron chi connectivity index (χ4n) is 2.92. The second kappa shape index (κ2) is 7.60. The Bertz CT molecular complexity index is 824. The number of hydrogen-bond donors (Lipinski definition) is 2. The molecule has 1 saturated heterocycles. The van der Waals surface area contributed by atoms with Gasteiger partial charge in [0.1, 0.15) is 12.4 Å². The number of amides is 2. The highest BCUT2D eigenvalue weighted by atomic mass is 32.1. The Morgan fingerprint density at radius 2 is 2.12 bits per heavy atom. The molecule has 7 nitrogen and oxygen atoms in total. The fraction of sp³-hybridized carbons (Fsp3) is 0.412. The molecule has 0 radical (unpaired) electrons. The van der Waals surface area contributed by atoms with Crippen LogP contribution >= 0.6 is 12.2 Å². The van der Waals surface area contributed by atoms with Crippen molar-refractivity contribution in [3.05, 3.63) is 34.9 Å². The second-order valence-electron chi connectivity index (χ2n) is 6.03. The third-order valence-electron chi connectivity index (χ3n) is 4.15. The summed E-state index contributed by atoms with van der Waals surface area (Å²) in [7, 11) is 0. The largest absolute Gasteiger partial charge is 0.325 e. The Morgan fingerprint density at radius 3 is 2.76 bits per heavy atom. The molecule has 2 amide bonds. The van der Waals surface area contributed by atoms with Crippen molar-refractivity contribution in [1.29, 1.82) is 0 Å². The lowest BCUT2D eigenvalue weighted by atomic mass is 10.2. The molecule has 0 bridgehead atoms. The maximum Gasteiger partial charge on any atom is 0.244 e. The molecule has 2 N–H and O–H groups in total. The van der Waals surface area contributed by atoms with E-state index in [-0.39, 0.29) is 18.4 Å². The molecule has 3 rings (SSSR count). The van der Waals surface area contributed by atoms with Crippen molar-refractivity contribution in [2.24, 2.45) is 0 Å². The third-order valence-corrected chi connectivity index (χ3v) is 4.46. The van der Waals surface area contributed by atoms with Gasteiger partial charge in [0.15, 0.2) is 4.77 Å². The van der Waals surface area contributed by atoms with Crippen molar-refractivity contribution in [1.82, 2.24) is 14.8 Å². The molecule has 2 heterocycles. The first-order chi connectivity index (χ1) is 12.1. The van der Waals surface area contributed by atoms with Gasteiger partial charge in [-0.15, -0.1) is 0 Å². The number of carbonyl (C=O) groups excluding carboxylic acids is 2. The van der Waals surface area contributed by atoms with Crippen LogP contribution in [0.2, 0.25) is 0 Å². The fourth-order valence-corrected chi connectivity index (χ4v) is 3.13. The minimum atomic E-state index is -0.167. The molecule has 1 fully saturated rings. The molecule has 0 saturated carbocycles. The first kappa shape index (κ1) is 17.3. The molecule has 25 heavy (non-hydrogen) atoms. The van der Waals surface area contributed by atoms with Gasteiger partial charge in [-0.05, 0) is 49.3 Å². The van der Waals surface area contributed by atoms with Crippen LogP contribution in [0, 0.1) is 4.77 Å². The van der Waals surface area contributed by atoms with Crippen molar-refractivity contribution in [3.63, 3.8) is 0 Å². The van der Waals surface area contributed by atoms with E-state index in [9.17, 15) is 9.59 Å². The summed E-state index contributed by atoms with van der Waals surface area (Å²) in [5, 5.41) is 9.74. The van der Waals surface area contributed by atoms with Gasteiger partial charge in [0.2, 0.25) is 11.8 Å². The van der Waals surface area contributed by atoms with Crippen LogP contribution < -0.4 is 10.2 Å². The molecule has 2 aromatic rings. The normalized spacial score (nSPS) is 14.1. The zero-order valence-corrected chi connectivity index (χ0v) is 14.9. The molecule has 0 spiro atoms. The lowest BCUT2D eigenvalue weighted by Gasteiger charge is -2.16. The smallest absolute Gasteiger partial charge is 0.244 e. The van der Waals surface area contributed by atoms with Gasteiger partial charge >= 0.3 is 0 Å². The molecular weight excluding hydrogens is 338 g/mol. The molecule has 1 aromatic carbocycles. The maximum atomic E-state index is 12.3. The van der Waals surface area contributed by atoms with E-state index < -0.39 is 0 Å². The van der Waals surface area contributed by atoms with Crippen LogP contribution in [0.15, 0.2) is 24.3 Å². The van der Waals surface area contributed by atoms with Crippen LogP contribution in [0.25, 0.3) is 0 Å². The Hall–Kier alpha value is -2.48. The first-order valence-corrected chi connectivity index (χ1v) is 8.83. The van der Waals surface area contributed by atoms with Crippen LogP contribution in [0.3, 0.4) is 0 Å². The van der Waals surface area contributed by atoms with Gasteiger partial charge in [0.05, 0.1) is 0 Å². The summed E-state index contributed by atoms with van der Waals surface area (Å²) in [6.45, 7) is 2.93. The number of rotatable bonds is 6. The highest BCUT2D eigenvalue weighted by Gasteiger charge is 2.21. The molecule has 0 unspecified atom stereocenters. The van der Waals surface area contributed by atoms with Gasteiger partial charge in [-0.25, -0.2) is 0 Å². The number of anilines is 2. The molecule has 132 valence electrons. The van der Waals surface area contributed by atoms with Gasteiger partial charge in [0, 0.05) is 30.8 Å². The highest BCUT2D eigenvalue weighted by molar-refractivity contribution is 7.71. The Kier molecular flexibility index (Phi) is 5.28. The van der Waals surface area contributed by atoms with Crippen molar-refractivity contribution >= 4 is 35.4 Å². The average Bonchev–Trinajstić information content (AvgIpc) is 3.16. The van der Waals surface area contributed by atoms with Crippen molar-refractivity contribution in [3.8, 4) is 0 Å². The van der Waals surface area contributed by atoms with E-state index in [1.165, 1.54) is 0 Å². The predicted molar refractivity (Wildman–Crippen MR) is 98.1 cm³/mol. The van der Waals surface area contributed by atoms with Crippen LogP contribution in [0.5, 0.6) is 0 Å². The summed E-state index contributed by atoms with van der Waals surface area (Å²) in [5.74, 6) is 0.764. The number of aromatic amines is 1. The second-order valence-corrected chi connectivity index (χ2v) is 6.41. The zero-order chi connectivity index (χ0) is 17.8. The number of nitrogens with zero attached hydrogens (tertiary/aromatic N) is 3. The van der Waals surface area contributed by atoms with Crippen LogP contribution in [0.4, 0.5) is 11.4 Å². The van der Waals surface area contributed by atoms with Crippen LogP contribution in [-0.2, 0) is 22.6 Å². The summed E-state index contributed by atoms with van der Waals surface area (Å²) in [6, 6.07) is 7.32. The monoisotopic (exact) mass is 359 g/mol. The van der Waals surface area contributed by atoms with Crippen molar-refractivity contribution < 1.29 is 9.59 Å². The Balaban J connectivity index is 1.64. The number of benzene rings is 1. The molecule has 0 atom stereocenters. The molecule has 0 aliphatic carbocycles. The van der Waals surface area contributed by atoms with E-state index in [2.05, 4.69) is 22.4 Å². The SMILES string of the molecule is CCCc1n[nH]c(=S)n1CC(=O)Nc1ccc(N2CCCC2=O)cc1. The van der Waals surface area contributed by atoms with E-state index >= 15 is 0 Å². The number of H-pyrrole nitrogens is 1. The third kappa shape index (κ3) is 3.96. The zero-order valence-electron chi connectivity index (χ0n) is 14.1. The van der Waals surface area contributed by atoms with Gasteiger partial charge in [-0.2, -0.15) is 5.10 Å². The van der Waals surface area contributed by atoms with Gasteiger partial charge in [-0.1, -0.05) is 6.92 Å². The number of carbonyl (C=O) groups is 2. The number of aromatic nitrogens is 3. The summed E-state index contributed by atoms with van der Waals surface area (Å²) >= 11 is 5.19. The quantitative estimate of drug-likeness (QED) is 0.777. The minimum absolute atomic E-state index is 0.122. The first-order valence-electron chi connectivity index (χ1n) is 8.43. The lowest BCUT2D eigenvalue weighted by molar-refractivity contribution is -0.117. The number of aryl methyl sites for hydroxylation is 1. The van der Waals surface area contributed by atoms with Crippen LogP contribution in [0.1, 0.15) is 32.0 Å². The Morgan fingerprint density at radius 1 is 1.36 bits per heavy atom. The highest BCUT2D eigenvalue weighted by Crippen LogP contribution is 2.23. The van der Waals surface area contributed by atoms with E-state index in [0.29, 0.717) is 16.9 Å². The predicted octanol–water partition coefficient (Wildman–Crippen LogP) is 2.66. The summed E-state index contributed by atoms with van der Waals surface area (Å²) in [6.07, 6.45) is 3.18. The summed E-state index contributed by atoms with van der Waals surface area (Å²) in [5.41, 5.74) is 1.55. The Labute approximate surface area is 151 Å². The van der Waals surface area contributed by atoms with Crippen molar-refractivity contribution in [2.45, 2.75) is 39.2 Å². The molecular formula is C17H21N5O2S. The molecule has 1 aliphatic heterocycles. The summed E-state index contributed by atoms with van der Waals surface area (Å²) in [4.78, 5) is 25.8. The summed E-state index contributed by atoms with van der Waals surface area (Å²) < 4.78 is 2.16. The number of nitrogens with one attached hydrogen (secondary N) is 2. The van der Waals surface area contributed by atoms with Crippen molar-refractivity contribution in [2.75, 3.05) is 16.8 Å². The number of hydrogen-bond acceptors (Lipinski definition) is 4. The minimum Gasteiger partial charge on any atom is -0.325 e. The van der Waals surface area contributed by atoms with E-state index in [0.717, 1.165) is 37.3 Å². The lowest BCUT2D eigenvalue weighted by Crippen LogP contribution is -2.23. The molecule has 8 heteroatoms. The van der Waals surface area contributed by atoms with Gasteiger partial charge < -0.3 is 10.2 Å². The van der Waals surface area contributed by atoms with E-state index in [1.807, 2.05) is 12.1 Å².